The topological polar surface area (TPSA) is 0 Å². The molecule has 0 radical (unpaired) electrons. The fourth-order valence-corrected chi connectivity index (χ4v) is 3.83. The molecule has 2 aromatic rings. The van der Waals surface area contributed by atoms with E-state index in [4.69, 9.17) is 0 Å². The first kappa shape index (κ1) is 21.4. The molecule has 1 aliphatic carbocycles. The Balaban J connectivity index is 1.66. The van der Waals surface area contributed by atoms with E-state index in [9.17, 15) is 22.0 Å². The number of benzene rings is 2. The summed E-state index contributed by atoms with van der Waals surface area (Å²) in [5, 5.41) is 0. The molecule has 0 aromatic heterocycles. The van der Waals surface area contributed by atoms with Crippen molar-refractivity contribution in [1.82, 2.24) is 0 Å². The quantitative estimate of drug-likeness (QED) is 0.290. The van der Waals surface area contributed by atoms with Crippen molar-refractivity contribution in [1.29, 1.82) is 0 Å². The minimum atomic E-state index is -1.46. The summed E-state index contributed by atoms with van der Waals surface area (Å²) in [6.45, 7) is 2.02. The zero-order valence-electron chi connectivity index (χ0n) is 16.3. The molecule has 1 fully saturated rings. The molecule has 154 valence electrons. The molecule has 5 heteroatoms. The van der Waals surface area contributed by atoms with Gasteiger partial charge < -0.3 is 0 Å². The number of unbranched alkanes of at least 4 members (excludes halogenated alkanes) is 1. The Bertz CT molecular complexity index is 884. The Hall–Kier alpha value is -2.35. The molecule has 0 saturated heterocycles. The van der Waals surface area contributed by atoms with E-state index in [0.717, 1.165) is 25.0 Å². The zero-order chi connectivity index (χ0) is 21.0. The van der Waals surface area contributed by atoms with Gasteiger partial charge in [-0.05, 0) is 79.8 Å². The van der Waals surface area contributed by atoms with Gasteiger partial charge in [0, 0.05) is 5.92 Å². The lowest BCUT2D eigenvalue weighted by Gasteiger charge is -2.26. The van der Waals surface area contributed by atoms with E-state index < -0.39 is 29.1 Å². The molecule has 0 nitrogen and oxygen atoms in total. The minimum absolute atomic E-state index is 0.0417. The van der Waals surface area contributed by atoms with Gasteiger partial charge in [-0.3, -0.25) is 0 Å². The maximum absolute atomic E-state index is 14.2. The predicted octanol–water partition coefficient (Wildman–Crippen LogP) is 7.05. The van der Waals surface area contributed by atoms with Crippen LogP contribution in [-0.4, -0.2) is 0 Å². The summed E-state index contributed by atoms with van der Waals surface area (Å²) in [7, 11) is 0. The van der Waals surface area contributed by atoms with Crippen LogP contribution in [0.3, 0.4) is 0 Å². The number of rotatable bonds is 4. The van der Waals surface area contributed by atoms with Crippen molar-refractivity contribution in [3.05, 3.63) is 70.0 Å². The first-order chi connectivity index (χ1) is 13.9. The number of hydrogen-bond acceptors (Lipinski definition) is 0. The van der Waals surface area contributed by atoms with Gasteiger partial charge in [0.15, 0.2) is 17.5 Å². The minimum Gasteiger partial charge on any atom is -0.206 e. The van der Waals surface area contributed by atoms with Crippen LogP contribution in [0.25, 0.3) is 0 Å². The second-order valence-electron chi connectivity index (χ2n) is 7.65. The lowest BCUT2D eigenvalue weighted by molar-refractivity contribution is 0.379. The maximum Gasteiger partial charge on any atom is 0.194 e. The Labute approximate surface area is 168 Å². The zero-order valence-corrected chi connectivity index (χ0v) is 16.3. The van der Waals surface area contributed by atoms with Crippen LogP contribution < -0.4 is 0 Å². The Kier molecular flexibility index (Phi) is 6.95. The third kappa shape index (κ3) is 5.18. The van der Waals surface area contributed by atoms with Gasteiger partial charge in [-0.25, -0.2) is 22.0 Å². The molecule has 0 aliphatic heterocycles. The molecular formula is C24H23F5. The van der Waals surface area contributed by atoms with E-state index in [1.807, 2.05) is 6.92 Å². The summed E-state index contributed by atoms with van der Waals surface area (Å²) in [4.78, 5) is 0. The summed E-state index contributed by atoms with van der Waals surface area (Å²) in [6.07, 6.45) is 5.01. The highest BCUT2D eigenvalue weighted by molar-refractivity contribution is 5.39. The van der Waals surface area contributed by atoms with Gasteiger partial charge in [-0.1, -0.05) is 25.2 Å². The summed E-state index contributed by atoms with van der Waals surface area (Å²) in [5.41, 5.74) is 0.856. The average Bonchev–Trinajstić information content (AvgIpc) is 2.70. The normalized spacial score (nSPS) is 19.0. The highest BCUT2D eigenvalue weighted by Crippen LogP contribution is 2.36. The molecule has 0 atom stereocenters. The molecule has 2 aromatic carbocycles. The van der Waals surface area contributed by atoms with Crippen molar-refractivity contribution in [2.75, 3.05) is 0 Å². The molecule has 1 saturated carbocycles. The van der Waals surface area contributed by atoms with Crippen LogP contribution in [-0.2, 0) is 6.42 Å². The molecule has 0 N–H and O–H groups in total. The van der Waals surface area contributed by atoms with Crippen LogP contribution in [0.2, 0.25) is 0 Å². The molecule has 0 heterocycles. The van der Waals surface area contributed by atoms with Crippen molar-refractivity contribution in [2.24, 2.45) is 5.92 Å². The summed E-state index contributed by atoms with van der Waals surface area (Å²) < 4.78 is 68.5. The van der Waals surface area contributed by atoms with E-state index in [1.165, 1.54) is 12.1 Å². The van der Waals surface area contributed by atoms with Gasteiger partial charge in [-0.2, -0.15) is 0 Å². The van der Waals surface area contributed by atoms with Crippen molar-refractivity contribution in [3.8, 4) is 11.8 Å². The van der Waals surface area contributed by atoms with Crippen molar-refractivity contribution < 1.29 is 22.0 Å². The van der Waals surface area contributed by atoms with Crippen molar-refractivity contribution in [3.63, 3.8) is 0 Å². The molecule has 0 bridgehead atoms. The molecule has 0 unspecified atom stereocenters. The van der Waals surface area contributed by atoms with E-state index >= 15 is 0 Å². The fourth-order valence-electron chi connectivity index (χ4n) is 3.83. The molecule has 1 aliphatic rings. The SMILES string of the molecule is CCCCc1cc(F)c(C#CC2CCC(c3cc(F)c(F)c(F)c3)CC2)c(F)c1. The van der Waals surface area contributed by atoms with Crippen LogP contribution in [0.5, 0.6) is 0 Å². The van der Waals surface area contributed by atoms with Gasteiger partial charge in [0.1, 0.15) is 11.6 Å². The Morgan fingerprint density at radius 1 is 0.828 bits per heavy atom. The Morgan fingerprint density at radius 3 is 1.97 bits per heavy atom. The standard InChI is InChI=1S/C24H23F5/c1-2-3-4-16-11-20(25)19(21(26)12-16)10-7-15-5-8-17(9-6-15)18-13-22(27)24(29)23(28)14-18/h11-15,17H,2-6,8-9H2,1H3. The first-order valence-electron chi connectivity index (χ1n) is 10.0. The number of hydrogen-bond donors (Lipinski definition) is 0. The molecule has 3 rings (SSSR count). The van der Waals surface area contributed by atoms with Gasteiger partial charge >= 0.3 is 0 Å². The smallest absolute Gasteiger partial charge is 0.194 e. The van der Waals surface area contributed by atoms with Crippen LogP contribution in [0.15, 0.2) is 24.3 Å². The van der Waals surface area contributed by atoms with E-state index in [0.29, 0.717) is 43.2 Å². The monoisotopic (exact) mass is 406 g/mol. The number of aryl methyl sites for hydroxylation is 1. The van der Waals surface area contributed by atoms with E-state index in [1.54, 1.807) is 0 Å². The molecule has 0 amide bonds. The van der Waals surface area contributed by atoms with Gasteiger partial charge in [0.05, 0.1) is 5.56 Å². The van der Waals surface area contributed by atoms with Gasteiger partial charge in [0.25, 0.3) is 0 Å². The van der Waals surface area contributed by atoms with Gasteiger partial charge in [-0.15, -0.1) is 0 Å². The molecular weight excluding hydrogens is 383 g/mol. The fraction of sp³-hybridized carbons (Fsp3) is 0.417. The lowest BCUT2D eigenvalue weighted by Crippen LogP contribution is -2.13. The highest BCUT2D eigenvalue weighted by Gasteiger charge is 2.23. The van der Waals surface area contributed by atoms with E-state index in [2.05, 4.69) is 11.8 Å². The third-order valence-electron chi connectivity index (χ3n) is 5.53. The van der Waals surface area contributed by atoms with Crippen LogP contribution in [0.1, 0.15) is 68.1 Å². The molecule has 29 heavy (non-hydrogen) atoms. The first-order valence-corrected chi connectivity index (χ1v) is 10.0. The third-order valence-corrected chi connectivity index (χ3v) is 5.53. The lowest BCUT2D eigenvalue weighted by atomic mass is 9.79. The van der Waals surface area contributed by atoms with Crippen molar-refractivity contribution in [2.45, 2.75) is 57.8 Å². The number of halogens is 5. The van der Waals surface area contributed by atoms with Gasteiger partial charge in [0.2, 0.25) is 0 Å². The van der Waals surface area contributed by atoms with E-state index in [-0.39, 0.29) is 17.4 Å². The second kappa shape index (κ2) is 9.43. The predicted molar refractivity (Wildman–Crippen MR) is 103 cm³/mol. The largest absolute Gasteiger partial charge is 0.206 e. The Morgan fingerprint density at radius 2 is 1.41 bits per heavy atom. The van der Waals surface area contributed by atoms with Crippen LogP contribution in [0.4, 0.5) is 22.0 Å². The highest BCUT2D eigenvalue weighted by atomic mass is 19.2. The maximum atomic E-state index is 14.2. The van der Waals surface area contributed by atoms with Crippen molar-refractivity contribution >= 4 is 0 Å². The van der Waals surface area contributed by atoms with Crippen LogP contribution >= 0.6 is 0 Å². The average molecular weight is 406 g/mol. The van der Waals surface area contributed by atoms with Crippen LogP contribution in [0, 0.1) is 46.8 Å². The summed E-state index contributed by atoms with van der Waals surface area (Å²) >= 11 is 0. The molecule has 0 spiro atoms. The summed E-state index contributed by atoms with van der Waals surface area (Å²) in [6, 6.07) is 4.77. The second-order valence-corrected chi connectivity index (χ2v) is 7.65. The summed E-state index contributed by atoms with van der Waals surface area (Å²) in [5.74, 6) is 0.354.